The Morgan fingerprint density at radius 3 is 2.68 bits per heavy atom. The van der Waals surface area contributed by atoms with Crippen molar-refractivity contribution >= 4 is 28.8 Å². The van der Waals surface area contributed by atoms with Crippen LogP contribution in [0.4, 0.5) is 0 Å². The maximum absolute atomic E-state index is 12.2. The molecule has 1 aromatic rings. The Morgan fingerprint density at radius 2 is 2.11 bits per heavy atom. The zero-order valence-corrected chi connectivity index (χ0v) is 12.8. The van der Waals surface area contributed by atoms with E-state index < -0.39 is 5.60 Å². The van der Waals surface area contributed by atoms with Crippen molar-refractivity contribution in [3.8, 4) is 0 Å². The first-order chi connectivity index (χ1) is 8.98. The second kappa shape index (κ2) is 6.25. The fraction of sp³-hybridized carbons (Fsp3) is 0.643. The van der Waals surface area contributed by atoms with Crippen LogP contribution in [0.1, 0.15) is 43.4 Å². The molecule has 1 aliphatic carbocycles. The molecule has 0 saturated heterocycles. The highest BCUT2D eigenvalue weighted by Gasteiger charge is 2.32. The smallest absolute Gasteiger partial charge is 0.225 e. The van der Waals surface area contributed by atoms with Crippen LogP contribution in [-0.4, -0.2) is 28.6 Å². The molecule has 0 spiro atoms. The fourth-order valence-corrected chi connectivity index (χ4v) is 3.70. The van der Waals surface area contributed by atoms with E-state index in [4.69, 9.17) is 11.6 Å². The van der Waals surface area contributed by atoms with E-state index in [-0.39, 0.29) is 12.3 Å². The lowest BCUT2D eigenvalue weighted by molar-refractivity contribution is -0.137. The molecule has 3 nitrogen and oxygen atoms in total. The number of carbonyl (C=O) groups is 1. The van der Waals surface area contributed by atoms with E-state index >= 15 is 0 Å². The average Bonchev–Trinajstić information content (AvgIpc) is 2.75. The van der Waals surface area contributed by atoms with Gasteiger partial charge in [-0.05, 0) is 25.0 Å². The quantitative estimate of drug-likeness (QED) is 0.925. The van der Waals surface area contributed by atoms with Gasteiger partial charge in [-0.2, -0.15) is 0 Å². The second-order valence-electron chi connectivity index (χ2n) is 5.42. The third kappa shape index (κ3) is 4.20. The molecule has 106 valence electrons. The van der Waals surface area contributed by atoms with Crippen molar-refractivity contribution in [2.45, 2.75) is 50.7 Å². The van der Waals surface area contributed by atoms with Gasteiger partial charge < -0.3 is 10.0 Å². The van der Waals surface area contributed by atoms with Gasteiger partial charge in [0.25, 0.3) is 0 Å². The van der Waals surface area contributed by atoms with Gasteiger partial charge in [-0.25, -0.2) is 0 Å². The number of hydrogen-bond donors (Lipinski definition) is 1. The highest BCUT2D eigenvalue weighted by molar-refractivity contribution is 7.16. The van der Waals surface area contributed by atoms with Crippen LogP contribution in [0.5, 0.6) is 0 Å². The Morgan fingerprint density at radius 1 is 1.42 bits per heavy atom. The predicted octanol–water partition coefficient (Wildman–Crippen LogP) is 3.45. The minimum absolute atomic E-state index is 0.00826. The Hall–Kier alpha value is -0.580. The summed E-state index contributed by atoms with van der Waals surface area (Å²) >= 11 is 7.36. The number of carbonyl (C=O) groups excluding carboxylic acids is 1. The molecular weight excluding hydrogens is 282 g/mol. The molecule has 0 unspecified atom stereocenters. The van der Waals surface area contributed by atoms with Crippen molar-refractivity contribution in [2.75, 3.05) is 7.05 Å². The fourth-order valence-electron chi connectivity index (χ4n) is 2.56. The number of hydrogen-bond acceptors (Lipinski definition) is 3. The summed E-state index contributed by atoms with van der Waals surface area (Å²) in [6.45, 7) is 0.562. The molecule has 5 heteroatoms. The first kappa shape index (κ1) is 14.8. The summed E-state index contributed by atoms with van der Waals surface area (Å²) in [4.78, 5) is 14.9. The van der Waals surface area contributed by atoms with Crippen molar-refractivity contribution in [3.05, 3.63) is 21.3 Å². The highest BCUT2D eigenvalue weighted by Crippen LogP contribution is 2.31. The van der Waals surface area contributed by atoms with Crippen molar-refractivity contribution in [1.29, 1.82) is 0 Å². The molecule has 2 rings (SSSR count). The van der Waals surface area contributed by atoms with E-state index in [1.165, 1.54) is 17.8 Å². The molecule has 0 aromatic carbocycles. The summed E-state index contributed by atoms with van der Waals surface area (Å²) in [5, 5.41) is 10.4. The van der Waals surface area contributed by atoms with Gasteiger partial charge in [0.05, 0.1) is 22.9 Å². The van der Waals surface area contributed by atoms with Crippen molar-refractivity contribution in [2.24, 2.45) is 0 Å². The Labute approximate surface area is 123 Å². The lowest BCUT2D eigenvalue weighted by atomic mass is 9.82. The van der Waals surface area contributed by atoms with Crippen LogP contribution in [-0.2, 0) is 11.3 Å². The third-order valence-electron chi connectivity index (χ3n) is 3.71. The molecule has 1 aromatic heterocycles. The third-order valence-corrected chi connectivity index (χ3v) is 4.93. The molecule has 1 aliphatic rings. The number of halogens is 1. The molecule has 1 fully saturated rings. The molecule has 1 amide bonds. The Bertz CT molecular complexity index is 440. The number of aliphatic hydroxyl groups is 1. The van der Waals surface area contributed by atoms with E-state index in [9.17, 15) is 9.90 Å². The lowest BCUT2D eigenvalue weighted by Gasteiger charge is -2.32. The largest absolute Gasteiger partial charge is 0.389 e. The van der Waals surface area contributed by atoms with Crippen LogP contribution < -0.4 is 0 Å². The zero-order chi connectivity index (χ0) is 13.9. The van der Waals surface area contributed by atoms with Gasteiger partial charge >= 0.3 is 0 Å². The van der Waals surface area contributed by atoms with Gasteiger partial charge in [0.1, 0.15) is 0 Å². The van der Waals surface area contributed by atoms with Crippen LogP contribution in [0.3, 0.4) is 0 Å². The van der Waals surface area contributed by atoms with Crippen molar-refractivity contribution in [1.82, 2.24) is 4.90 Å². The predicted molar refractivity (Wildman–Crippen MR) is 78.5 cm³/mol. The summed E-state index contributed by atoms with van der Waals surface area (Å²) in [6, 6.07) is 3.78. The first-order valence-electron chi connectivity index (χ1n) is 6.69. The second-order valence-corrected chi connectivity index (χ2v) is 7.22. The SMILES string of the molecule is CN(Cc1ccc(Cl)s1)C(=O)CC1(O)CCCCC1. The summed E-state index contributed by atoms with van der Waals surface area (Å²) in [5.74, 6) is 0.00826. The van der Waals surface area contributed by atoms with Gasteiger partial charge in [0.2, 0.25) is 5.91 Å². The monoisotopic (exact) mass is 301 g/mol. The molecule has 0 atom stereocenters. The maximum Gasteiger partial charge on any atom is 0.225 e. The van der Waals surface area contributed by atoms with Crippen LogP contribution in [0.15, 0.2) is 12.1 Å². The van der Waals surface area contributed by atoms with Gasteiger partial charge in [-0.3, -0.25) is 4.79 Å². The van der Waals surface area contributed by atoms with E-state index in [0.29, 0.717) is 6.54 Å². The number of amides is 1. The van der Waals surface area contributed by atoms with E-state index in [2.05, 4.69) is 0 Å². The topological polar surface area (TPSA) is 40.5 Å². The Balaban J connectivity index is 1.88. The average molecular weight is 302 g/mol. The van der Waals surface area contributed by atoms with Crippen LogP contribution in [0.25, 0.3) is 0 Å². The molecule has 1 saturated carbocycles. The minimum Gasteiger partial charge on any atom is -0.389 e. The molecule has 19 heavy (non-hydrogen) atoms. The van der Waals surface area contributed by atoms with E-state index in [0.717, 1.165) is 34.9 Å². The van der Waals surface area contributed by atoms with Gasteiger partial charge in [-0.15, -0.1) is 11.3 Å². The van der Waals surface area contributed by atoms with E-state index in [1.54, 1.807) is 11.9 Å². The normalized spacial score (nSPS) is 18.3. The van der Waals surface area contributed by atoms with Gasteiger partial charge in [-0.1, -0.05) is 30.9 Å². The van der Waals surface area contributed by atoms with Crippen LogP contribution >= 0.6 is 22.9 Å². The molecule has 1 N–H and O–H groups in total. The maximum atomic E-state index is 12.2. The van der Waals surface area contributed by atoms with Crippen LogP contribution in [0, 0.1) is 0 Å². The Kier molecular flexibility index (Phi) is 4.87. The summed E-state index contributed by atoms with van der Waals surface area (Å²) in [7, 11) is 1.78. The summed E-state index contributed by atoms with van der Waals surface area (Å²) < 4.78 is 0.738. The molecule has 0 radical (unpaired) electrons. The molecule has 1 heterocycles. The van der Waals surface area contributed by atoms with Crippen molar-refractivity contribution in [3.63, 3.8) is 0 Å². The number of thiophene rings is 1. The van der Waals surface area contributed by atoms with Gasteiger partial charge in [0, 0.05) is 11.9 Å². The highest BCUT2D eigenvalue weighted by atomic mass is 35.5. The van der Waals surface area contributed by atoms with Crippen molar-refractivity contribution < 1.29 is 9.90 Å². The summed E-state index contributed by atoms with van der Waals surface area (Å²) in [6.07, 6.45) is 4.94. The summed E-state index contributed by atoms with van der Waals surface area (Å²) in [5.41, 5.74) is -0.781. The lowest BCUT2D eigenvalue weighted by Crippen LogP contribution is -2.38. The first-order valence-corrected chi connectivity index (χ1v) is 7.88. The minimum atomic E-state index is -0.781. The van der Waals surface area contributed by atoms with Crippen LogP contribution in [0.2, 0.25) is 4.34 Å². The van der Waals surface area contributed by atoms with E-state index in [1.807, 2.05) is 12.1 Å². The van der Waals surface area contributed by atoms with Gasteiger partial charge in [0.15, 0.2) is 0 Å². The molecule has 0 aliphatic heterocycles. The molecule has 0 bridgehead atoms. The zero-order valence-electron chi connectivity index (χ0n) is 11.2. The number of rotatable bonds is 4. The standard InChI is InChI=1S/C14H20ClNO2S/c1-16(10-11-5-6-12(15)19-11)13(17)9-14(18)7-3-2-4-8-14/h5-6,18H,2-4,7-10H2,1H3. The molecular formula is C14H20ClNO2S. The number of nitrogens with zero attached hydrogens (tertiary/aromatic N) is 1.